The van der Waals surface area contributed by atoms with Gasteiger partial charge in [0.05, 0.1) is 46.4 Å². The van der Waals surface area contributed by atoms with Gasteiger partial charge in [-0.3, -0.25) is 4.79 Å². The van der Waals surface area contributed by atoms with Crippen LogP contribution in [0.2, 0.25) is 5.02 Å². The van der Waals surface area contributed by atoms with Crippen molar-refractivity contribution in [1.82, 2.24) is 0 Å². The number of halogens is 2. The van der Waals surface area contributed by atoms with Crippen LogP contribution in [0.25, 0.3) is 0 Å². The predicted molar refractivity (Wildman–Crippen MR) is 68.8 cm³/mol. The molecule has 0 saturated carbocycles. The molecule has 1 aliphatic rings. The third-order valence-corrected chi connectivity index (χ3v) is 3.48. The molecule has 1 aromatic carbocycles. The Morgan fingerprint density at radius 1 is 1.63 bits per heavy atom. The molecule has 0 radical (unpaired) electrons. The Labute approximate surface area is 118 Å². The lowest BCUT2D eigenvalue weighted by atomic mass is 10.0. The van der Waals surface area contributed by atoms with Crippen molar-refractivity contribution in [3.63, 3.8) is 0 Å². The summed E-state index contributed by atoms with van der Waals surface area (Å²) in [4.78, 5) is 23.6. The zero-order chi connectivity index (χ0) is 14.0. The van der Waals surface area contributed by atoms with Crippen LogP contribution in [0.1, 0.15) is 34.1 Å². The van der Waals surface area contributed by atoms with Gasteiger partial charge in [0.25, 0.3) is 0 Å². The first-order chi connectivity index (χ1) is 9.10. The minimum absolute atomic E-state index is 0.0266. The maximum Gasteiger partial charge on any atom is 0.339 e. The standard InChI is InChI=1S/C12H10ClFO4S/c1-2-17-12(16)6-5-8(19-14)11-9(10(6)13)7(15)3-4-18-11/h5H,2-4H2,1H3. The largest absolute Gasteiger partial charge is 0.491 e. The summed E-state index contributed by atoms with van der Waals surface area (Å²) in [5.41, 5.74) is 0.0277. The molecule has 1 aromatic rings. The first-order valence-corrected chi connectivity index (χ1v) is 6.67. The Hall–Kier alpha value is -1.27. The van der Waals surface area contributed by atoms with Crippen LogP contribution < -0.4 is 4.74 Å². The minimum atomic E-state index is -0.691. The number of carbonyl (C=O) groups excluding carboxylic acids is 2. The molecule has 1 aliphatic heterocycles. The molecule has 4 nitrogen and oxygen atoms in total. The lowest BCUT2D eigenvalue weighted by Crippen LogP contribution is -2.18. The second-order valence-electron chi connectivity index (χ2n) is 3.76. The molecule has 7 heteroatoms. The molecule has 0 aromatic heterocycles. The molecular formula is C12H10ClFO4S. The van der Waals surface area contributed by atoms with E-state index in [1.54, 1.807) is 6.92 Å². The summed E-state index contributed by atoms with van der Waals surface area (Å²) in [5.74, 6) is -0.863. The average molecular weight is 305 g/mol. The molecule has 0 saturated heterocycles. The van der Waals surface area contributed by atoms with Gasteiger partial charge in [-0.05, 0) is 13.0 Å². The Bertz CT molecular complexity index is 547. The van der Waals surface area contributed by atoms with Crippen LogP contribution >= 0.6 is 23.7 Å². The fourth-order valence-corrected chi connectivity index (χ4v) is 2.51. The van der Waals surface area contributed by atoms with E-state index in [1.807, 2.05) is 0 Å². The van der Waals surface area contributed by atoms with Gasteiger partial charge in [-0.15, -0.1) is 0 Å². The topological polar surface area (TPSA) is 52.6 Å². The quantitative estimate of drug-likeness (QED) is 0.800. The van der Waals surface area contributed by atoms with Crippen LogP contribution in [0.4, 0.5) is 3.89 Å². The van der Waals surface area contributed by atoms with E-state index in [9.17, 15) is 13.5 Å². The Morgan fingerprint density at radius 3 is 3.00 bits per heavy atom. The number of ether oxygens (including phenoxy) is 2. The van der Waals surface area contributed by atoms with E-state index in [4.69, 9.17) is 21.1 Å². The van der Waals surface area contributed by atoms with Gasteiger partial charge in [0.1, 0.15) is 5.75 Å². The van der Waals surface area contributed by atoms with Crippen molar-refractivity contribution in [2.24, 2.45) is 0 Å². The third-order valence-electron chi connectivity index (χ3n) is 2.62. The summed E-state index contributed by atoms with van der Waals surface area (Å²) >= 11 is 5.95. The molecule has 102 valence electrons. The molecule has 0 aliphatic carbocycles. The summed E-state index contributed by atoms with van der Waals surface area (Å²) in [7, 11) is 0. The van der Waals surface area contributed by atoms with Gasteiger partial charge >= 0.3 is 5.97 Å². The molecule has 0 unspecified atom stereocenters. The lowest BCUT2D eigenvalue weighted by Gasteiger charge is -2.20. The van der Waals surface area contributed by atoms with Crippen LogP contribution in [0.5, 0.6) is 5.75 Å². The van der Waals surface area contributed by atoms with Crippen molar-refractivity contribution >= 4 is 35.5 Å². The van der Waals surface area contributed by atoms with Crippen LogP contribution in [-0.2, 0) is 4.74 Å². The molecule has 19 heavy (non-hydrogen) atoms. The molecular weight excluding hydrogens is 295 g/mol. The number of esters is 1. The zero-order valence-electron chi connectivity index (χ0n) is 10.00. The van der Waals surface area contributed by atoms with Gasteiger partial charge in [0.15, 0.2) is 5.78 Å². The number of ketones is 1. The van der Waals surface area contributed by atoms with E-state index in [0.717, 1.165) is 0 Å². The number of rotatable bonds is 3. The number of fused-ring (bicyclic) bond motifs is 1. The third kappa shape index (κ3) is 2.55. The van der Waals surface area contributed by atoms with Crippen LogP contribution in [0.15, 0.2) is 11.0 Å². The molecule has 0 fully saturated rings. The van der Waals surface area contributed by atoms with Crippen LogP contribution in [-0.4, -0.2) is 25.0 Å². The zero-order valence-corrected chi connectivity index (χ0v) is 11.6. The van der Waals surface area contributed by atoms with Crippen LogP contribution in [0.3, 0.4) is 0 Å². The number of hydrogen-bond acceptors (Lipinski definition) is 5. The normalized spacial score (nSPS) is 13.7. The second-order valence-corrected chi connectivity index (χ2v) is 4.73. The molecule has 0 N–H and O–H groups in total. The van der Waals surface area contributed by atoms with Crippen molar-refractivity contribution in [3.8, 4) is 5.75 Å². The van der Waals surface area contributed by atoms with E-state index >= 15 is 0 Å². The SMILES string of the molecule is CCOC(=O)c1cc(SF)c2c(c1Cl)C(=O)CCO2. The van der Waals surface area contributed by atoms with Crippen molar-refractivity contribution in [1.29, 1.82) is 0 Å². The van der Waals surface area contributed by atoms with Gasteiger partial charge in [0.2, 0.25) is 0 Å². The first kappa shape index (κ1) is 14.1. The summed E-state index contributed by atoms with van der Waals surface area (Å²) in [5, 5.41) is -0.0454. The molecule has 2 rings (SSSR count). The average Bonchev–Trinajstić information content (AvgIpc) is 2.39. The number of carbonyl (C=O) groups is 2. The predicted octanol–water partition coefficient (Wildman–Crippen LogP) is 3.46. The Kier molecular flexibility index (Phi) is 4.31. The minimum Gasteiger partial charge on any atom is -0.491 e. The van der Waals surface area contributed by atoms with E-state index in [0.29, 0.717) is 0 Å². The Balaban J connectivity index is 2.61. The van der Waals surface area contributed by atoms with Crippen molar-refractivity contribution in [2.75, 3.05) is 13.2 Å². The highest BCUT2D eigenvalue weighted by atomic mass is 35.5. The van der Waals surface area contributed by atoms with Crippen molar-refractivity contribution in [2.45, 2.75) is 18.2 Å². The smallest absolute Gasteiger partial charge is 0.339 e. The fourth-order valence-electron chi connectivity index (χ4n) is 1.80. The van der Waals surface area contributed by atoms with Crippen molar-refractivity contribution in [3.05, 3.63) is 22.2 Å². The summed E-state index contributed by atoms with van der Waals surface area (Å²) in [6.07, 6.45) is 0.148. The maximum atomic E-state index is 12.9. The number of hydrogen-bond donors (Lipinski definition) is 0. The molecule has 1 heterocycles. The monoisotopic (exact) mass is 304 g/mol. The molecule has 0 spiro atoms. The molecule has 0 amide bonds. The van der Waals surface area contributed by atoms with Gasteiger partial charge in [0, 0.05) is 6.42 Å². The van der Waals surface area contributed by atoms with Gasteiger partial charge in [-0.2, -0.15) is 3.89 Å². The number of Topliss-reactive ketones (excluding diaryl/α,β-unsaturated/α-hetero) is 1. The number of benzene rings is 1. The van der Waals surface area contributed by atoms with Gasteiger partial charge in [-0.1, -0.05) is 11.6 Å². The van der Waals surface area contributed by atoms with Crippen molar-refractivity contribution < 1.29 is 22.9 Å². The molecule has 0 bridgehead atoms. The highest BCUT2D eigenvalue weighted by Crippen LogP contribution is 2.42. The molecule has 0 atom stereocenters. The van der Waals surface area contributed by atoms with Gasteiger partial charge in [-0.25, -0.2) is 4.79 Å². The van der Waals surface area contributed by atoms with E-state index in [-0.39, 0.29) is 64.4 Å². The van der Waals surface area contributed by atoms with E-state index in [2.05, 4.69) is 0 Å². The summed E-state index contributed by atoms with van der Waals surface area (Å²) in [6, 6.07) is 1.24. The highest BCUT2D eigenvalue weighted by molar-refractivity contribution is 7.94. The summed E-state index contributed by atoms with van der Waals surface area (Å²) < 4.78 is 23.0. The fraction of sp³-hybridized carbons (Fsp3) is 0.333. The van der Waals surface area contributed by atoms with Crippen LogP contribution in [0, 0.1) is 0 Å². The maximum absolute atomic E-state index is 12.9. The van der Waals surface area contributed by atoms with Gasteiger partial charge < -0.3 is 9.47 Å². The second kappa shape index (κ2) is 5.79. The Morgan fingerprint density at radius 2 is 2.37 bits per heavy atom. The first-order valence-electron chi connectivity index (χ1n) is 5.58. The summed E-state index contributed by atoms with van der Waals surface area (Å²) in [6.45, 7) is 1.98. The van der Waals surface area contributed by atoms with E-state index < -0.39 is 5.97 Å². The highest BCUT2D eigenvalue weighted by Gasteiger charge is 2.29. The van der Waals surface area contributed by atoms with E-state index in [1.165, 1.54) is 6.07 Å². The lowest BCUT2D eigenvalue weighted by molar-refractivity contribution is 0.0526.